The van der Waals surface area contributed by atoms with Crippen molar-refractivity contribution in [1.82, 2.24) is 10.2 Å². The summed E-state index contributed by atoms with van der Waals surface area (Å²) in [6.45, 7) is 5.56. The molecule has 0 bridgehead atoms. The summed E-state index contributed by atoms with van der Waals surface area (Å²) in [5.74, 6) is -0.206. The van der Waals surface area contributed by atoms with Gasteiger partial charge in [-0.1, -0.05) is 39.0 Å². The minimum absolute atomic E-state index is 0.00129. The first-order valence-corrected chi connectivity index (χ1v) is 8.13. The summed E-state index contributed by atoms with van der Waals surface area (Å²) in [6, 6.07) is 11.0. The van der Waals surface area contributed by atoms with Gasteiger partial charge in [-0.2, -0.15) is 5.10 Å². The smallest absolute Gasteiger partial charge is 0.249 e. The standard InChI is InChI=1S/C19H20N4O2/c1-19(2,3)16(24)12-23-15-9-5-4-7-13(15)18(20-11-17(23)25)14-8-6-10-21-22-14/h4-10H,11-12H2,1-3H3. The number of aliphatic imine (C=N–C) groups is 1. The van der Waals surface area contributed by atoms with Crippen molar-refractivity contribution < 1.29 is 9.59 Å². The number of aromatic nitrogens is 2. The fourth-order valence-corrected chi connectivity index (χ4v) is 2.56. The number of rotatable bonds is 3. The van der Waals surface area contributed by atoms with Gasteiger partial charge in [0, 0.05) is 17.2 Å². The number of benzene rings is 1. The van der Waals surface area contributed by atoms with Crippen molar-refractivity contribution in [3.05, 3.63) is 53.9 Å². The van der Waals surface area contributed by atoms with Gasteiger partial charge >= 0.3 is 0 Å². The molecule has 0 radical (unpaired) electrons. The molecule has 6 nitrogen and oxygen atoms in total. The fourth-order valence-electron chi connectivity index (χ4n) is 2.56. The van der Waals surface area contributed by atoms with Gasteiger partial charge in [-0.25, -0.2) is 0 Å². The van der Waals surface area contributed by atoms with E-state index in [9.17, 15) is 9.59 Å². The molecule has 0 saturated heterocycles. The summed E-state index contributed by atoms with van der Waals surface area (Å²) in [5, 5.41) is 8.01. The minimum Gasteiger partial charge on any atom is -0.303 e. The highest BCUT2D eigenvalue weighted by atomic mass is 16.2. The Morgan fingerprint density at radius 3 is 2.60 bits per heavy atom. The SMILES string of the molecule is CC(C)(C)C(=O)CN1C(=O)CN=C(c2cccnn2)c2ccccc21. The van der Waals surface area contributed by atoms with Crippen molar-refractivity contribution >= 4 is 23.1 Å². The van der Waals surface area contributed by atoms with Crippen molar-refractivity contribution in [2.75, 3.05) is 18.0 Å². The third-order valence-electron chi connectivity index (χ3n) is 4.08. The van der Waals surface area contributed by atoms with Gasteiger partial charge in [-0.05, 0) is 18.2 Å². The Hall–Kier alpha value is -2.89. The molecule has 1 aliphatic heterocycles. The molecular weight excluding hydrogens is 316 g/mol. The monoisotopic (exact) mass is 336 g/mol. The van der Waals surface area contributed by atoms with E-state index in [4.69, 9.17) is 0 Å². The van der Waals surface area contributed by atoms with E-state index in [0.717, 1.165) is 5.56 Å². The number of amides is 1. The molecule has 2 aromatic rings. The molecule has 0 spiro atoms. The highest BCUT2D eigenvalue weighted by molar-refractivity contribution is 6.19. The molecule has 0 aliphatic carbocycles. The van der Waals surface area contributed by atoms with Crippen LogP contribution in [-0.4, -0.2) is 40.7 Å². The molecule has 0 N–H and O–H groups in total. The van der Waals surface area contributed by atoms with Gasteiger partial charge in [-0.15, -0.1) is 5.10 Å². The molecule has 1 aromatic heterocycles. The minimum atomic E-state index is -0.518. The lowest BCUT2D eigenvalue weighted by atomic mass is 9.90. The maximum atomic E-state index is 12.6. The first-order valence-electron chi connectivity index (χ1n) is 8.13. The van der Waals surface area contributed by atoms with E-state index < -0.39 is 5.41 Å². The van der Waals surface area contributed by atoms with E-state index in [0.29, 0.717) is 17.1 Å². The Morgan fingerprint density at radius 1 is 1.16 bits per heavy atom. The van der Waals surface area contributed by atoms with Crippen LogP contribution in [0, 0.1) is 5.41 Å². The second kappa shape index (κ2) is 6.55. The van der Waals surface area contributed by atoms with Crippen LogP contribution in [0.4, 0.5) is 5.69 Å². The number of benzodiazepines with no additional fused rings is 1. The van der Waals surface area contributed by atoms with Crippen LogP contribution >= 0.6 is 0 Å². The van der Waals surface area contributed by atoms with Gasteiger partial charge < -0.3 is 4.90 Å². The topological polar surface area (TPSA) is 75.5 Å². The molecule has 1 aliphatic rings. The lowest BCUT2D eigenvalue weighted by Gasteiger charge is -2.26. The highest BCUT2D eigenvalue weighted by Crippen LogP contribution is 2.27. The van der Waals surface area contributed by atoms with Crippen LogP contribution in [0.1, 0.15) is 32.0 Å². The summed E-state index contributed by atoms with van der Waals surface area (Å²) in [5.41, 5.74) is 2.15. The summed E-state index contributed by atoms with van der Waals surface area (Å²) in [7, 11) is 0. The van der Waals surface area contributed by atoms with Crippen LogP contribution in [0.2, 0.25) is 0 Å². The molecule has 1 aromatic carbocycles. The molecule has 0 fully saturated rings. The number of hydrogen-bond acceptors (Lipinski definition) is 5. The molecule has 128 valence electrons. The van der Waals surface area contributed by atoms with Crippen LogP contribution in [0.3, 0.4) is 0 Å². The Kier molecular flexibility index (Phi) is 4.44. The second-order valence-electron chi connectivity index (χ2n) is 6.94. The Balaban J connectivity index is 2.06. The third kappa shape index (κ3) is 3.47. The van der Waals surface area contributed by atoms with E-state index in [-0.39, 0.29) is 24.8 Å². The number of Topliss-reactive ketones (excluding diaryl/α,β-unsaturated/α-hetero) is 1. The number of nitrogens with zero attached hydrogens (tertiary/aromatic N) is 4. The van der Waals surface area contributed by atoms with Crippen molar-refractivity contribution in [1.29, 1.82) is 0 Å². The predicted octanol–water partition coefficient (Wildman–Crippen LogP) is 2.28. The molecule has 2 heterocycles. The average molecular weight is 336 g/mol. The summed E-state index contributed by atoms with van der Waals surface area (Å²) >= 11 is 0. The number of fused-ring (bicyclic) bond motifs is 1. The fraction of sp³-hybridized carbons (Fsp3) is 0.316. The van der Waals surface area contributed by atoms with Crippen molar-refractivity contribution in [3.63, 3.8) is 0 Å². The van der Waals surface area contributed by atoms with Crippen LogP contribution in [0.5, 0.6) is 0 Å². The van der Waals surface area contributed by atoms with Gasteiger partial charge in [0.15, 0.2) is 5.78 Å². The van der Waals surface area contributed by atoms with Gasteiger partial charge in [0.05, 0.1) is 17.9 Å². The normalized spacial score (nSPS) is 14.6. The molecule has 3 rings (SSSR count). The lowest BCUT2D eigenvalue weighted by molar-refractivity contribution is -0.127. The van der Waals surface area contributed by atoms with Crippen LogP contribution in [0.15, 0.2) is 47.6 Å². The lowest BCUT2D eigenvalue weighted by Crippen LogP contribution is -2.40. The number of para-hydroxylation sites is 1. The zero-order chi connectivity index (χ0) is 18.0. The molecule has 25 heavy (non-hydrogen) atoms. The van der Waals surface area contributed by atoms with E-state index >= 15 is 0 Å². The summed E-state index contributed by atoms with van der Waals surface area (Å²) in [4.78, 5) is 31.1. The maximum absolute atomic E-state index is 12.6. The number of anilines is 1. The molecular formula is C19H20N4O2. The van der Waals surface area contributed by atoms with Gasteiger partial charge in [0.1, 0.15) is 12.2 Å². The molecule has 1 amide bonds. The number of hydrogen-bond donors (Lipinski definition) is 0. The Morgan fingerprint density at radius 2 is 1.92 bits per heavy atom. The largest absolute Gasteiger partial charge is 0.303 e. The molecule has 6 heteroatoms. The first kappa shape index (κ1) is 17.0. The van der Waals surface area contributed by atoms with Crippen molar-refractivity contribution in [2.24, 2.45) is 10.4 Å². The van der Waals surface area contributed by atoms with Crippen LogP contribution in [-0.2, 0) is 9.59 Å². The van der Waals surface area contributed by atoms with E-state index in [2.05, 4.69) is 15.2 Å². The molecule has 0 unspecified atom stereocenters. The van der Waals surface area contributed by atoms with Crippen LogP contribution < -0.4 is 4.90 Å². The van der Waals surface area contributed by atoms with Crippen molar-refractivity contribution in [3.8, 4) is 0 Å². The van der Waals surface area contributed by atoms with E-state index in [1.807, 2.05) is 51.1 Å². The second-order valence-corrected chi connectivity index (χ2v) is 6.94. The zero-order valence-corrected chi connectivity index (χ0v) is 14.6. The first-order chi connectivity index (χ1) is 11.9. The van der Waals surface area contributed by atoms with E-state index in [1.54, 1.807) is 12.3 Å². The maximum Gasteiger partial charge on any atom is 0.249 e. The zero-order valence-electron chi connectivity index (χ0n) is 14.6. The third-order valence-corrected chi connectivity index (χ3v) is 4.08. The van der Waals surface area contributed by atoms with Gasteiger partial charge in [0.2, 0.25) is 5.91 Å². The quantitative estimate of drug-likeness (QED) is 0.862. The predicted molar refractivity (Wildman–Crippen MR) is 95.8 cm³/mol. The highest BCUT2D eigenvalue weighted by Gasteiger charge is 2.30. The average Bonchev–Trinajstić information content (AvgIpc) is 2.73. The van der Waals surface area contributed by atoms with Gasteiger partial charge in [0.25, 0.3) is 0 Å². The number of carbonyl (C=O) groups is 2. The Labute approximate surface area is 146 Å². The molecule has 0 saturated carbocycles. The van der Waals surface area contributed by atoms with E-state index in [1.165, 1.54) is 4.90 Å². The van der Waals surface area contributed by atoms with Crippen molar-refractivity contribution in [2.45, 2.75) is 20.8 Å². The number of carbonyl (C=O) groups excluding carboxylic acids is 2. The number of ketones is 1. The summed E-state index contributed by atoms with van der Waals surface area (Å²) < 4.78 is 0. The van der Waals surface area contributed by atoms with Crippen LogP contribution in [0.25, 0.3) is 0 Å². The summed E-state index contributed by atoms with van der Waals surface area (Å²) in [6.07, 6.45) is 1.59. The van der Waals surface area contributed by atoms with Gasteiger partial charge in [-0.3, -0.25) is 14.6 Å². The Bertz CT molecular complexity index is 838. The molecule has 0 atom stereocenters.